The van der Waals surface area contributed by atoms with Crippen LogP contribution in [0.2, 0.25) is 0 Å². The van der Waals surface area contributed by atoms with Crippen LogP contribution in [0, 0.1) is 5.92 Å². The van der Waals surface area contributed by atoms with Crippen molar-refractivity contribution in [3.8, 4) is 11.3 Å². The van der Waals surface area contributed by atoms with Crippen molar-refractivity contribution in [1.29, 1.82) is 0 Å². The first-order chi connectivity index (χ1) is 15.2. The summed E-state index contributed by atoms with van der Waals surface area (Å²) in [4.78, 5) is 31.5. The van der Waals surface area contributed by atoms with E-state index in [4.69, 9.17) is 0 Å². The van der Waals surface area contributed by atoms with Crippen LogP contribution >= 0.6 is 11.3 Å². The van der Waals surface area contributed by atoms with Gasteiger partial charge in [0.1, 0.15) is 0 Å². The number of hydrogen-bond donors (Lipinski definition) is 1. The molecule has 3 aromatic carbocycles. The molecule has 0 bridgehead atoms. The number of anilines is 1. The molecule has 1 aliphatic heterocycles. The van der Waals surface area contributed by atoms with Crippen LogP contribution in [-0.2, 0) is 16.1 Å². The number of amides is 2. The van der Waals surface area contributed by atoms with Gasteiger partial charge in [-0.05, 0) is 22.4 Å². The van der Waals surface area contributed by atoms with Gasteiger partial charge in [0.25, 0.3) is 0 Å². The Bertz CT molecular complexity index is 1250. The lowest BCUT2D eigenvalue weighted by molar-refractivity contribution is -0.128. The van der Waals surface area contributed by atoms with Crippen LogP contribution in [0.4, 0.5) is 5.13 Å². The fourth-order valence-electron chi connectivity index (χ4n) is 3.92. The van der Waals surface area contributed by atoms with E-state index in [0.29, 0.717) is 18.2 Å². The Hall–Kier alpha value is -3.51. The van der Waals surface area contributed by atoms with Crippen LogP contribution in [0.3, 0.4) is 0 Å². The topological polar surface area (TPSA) is 62.3 Å². The Kier molecular flexibility index (Phi) is 5.22. The van der Waals surface area contributed by atoms with Gasteiger partial charge in [-0.1, -0.05) is 66.7 Å². The fourth-order valence-corrected chi connectivity index (χ4v) is 4.65. The Morgan fingerprint density at radius 1 is 1.03 bits per heavy atom. The Morgan fingerprint density at radius 3 is 2.65 bits per heavy atom. The molecule has 1 aliphatic rings. The molecule has 0 radical (unpaired) electrons. The molecule has 1 fully saturated rings. The predicted octanol–water partition coefficient (Wildman–Crippen LogP) is 4.95. The molecule has 1 aromatic heterocycles. The quantitative estimate of drug-likeness (QED) is 0.490. The summed E-state index contributed by atoms with van der Waals surface area (Å²) in [6.07, 6.45) is 0.238. The van der Waals surface area contributed by atoms with Gasteiger partial charge >= 0.3 is 0 Å². The third kappa shape index (κ3) is 4.20. The number of carbonyl (C=O) groups excluding carboxylic acids is 2. The van der Waals surface area contributed by atoms with Crippen molar-refractivity contribution >= 4 is 39.1 Å². The highest BCUT2D eigenvalue weighted by atomic mass is 32.1. The van der Waals surface area contributed by atoms with Crippen molar-refractivity contribution in [1.82, 2.24) is 9.88 Å². The zero-order valence-electron chi connectivity index (χ0n) is 16.8. The predicted molar refractivity (Wildman–Crippen MR) is 124 cm³/mol. The van der Waals surface area contributed by atoms with E-state index in [2.05, 4.69) is 34.6 Å². The maximum Gasteiger partial charge on any atom is 0.231 e. The lowest BCUT2D eigenvalue weighted by Crippen LogP contribution is -2.28. The molecule has 2 amide bonds. The molecule has 1 atom stereocenters. The average Bonchev–Trinajstić information content (AvgIpc) is 3.41. The van der Waals surface area contributed by atoms with Crippen LogP contribution < -0.4 is 5.32 Å². The third-order valence-corrected chi connectivity index (χ3v) is 6.34. The summed E-state index contributed by atoms with van der Waals surface area (Å²) in [6.45, 7) is 0.968. The van der Waals surface area contributed by atoms with Gasteiger partial charge in [-0.15, -0.1) is 11.3 Å². The van der Waals surface area contributed by atoms with Gasteiger partial charge in [-0.25, -0.2) is 4.98 Å². The minimum Gasteiger partial charge on any atom is -0.338 e. The summed E-state index contributed by atoms with van der Waals surface area (Å²) in [7, 11) is 0. The lowest BCUT2D eigenvalue weighted by Gasteiger charge is -2.16. The number of nitrogens with zero attached hydrogens (tertiary/aromatic N) is 2. The Morgan fingerprint density at radius 2 is 1.81 bits per heavy atom. The van der Waals surface area contributed by atoms with E-state index in [9.17, 15) is 9.59 Å². The van der Waals surface area contributed by atoms with Crippen molar-refractivity contribution in [3.63, 3.8) is 0 Å². The number of carbonyl (C=O) groups is 2. The van der Waals surface area contributed by atoms with Crippen LogP contribution in [0.15, 0.2) is 78.2 Å². The molecule has 5 nitrogen and oxygen atoms in total. The number of fused-ring (bicyclic) bond motifs is 1. The van der Waals surface area contributed by atoms with E-state index < -0.39 is 0 Å². The van der Waals surface area contributed by atoms with Gasteiger partial charge in [0.15, 0.2) is 5.13 Å². The van der Waals surface area contributed by atoms with Gasteiger partial charge < -0.3 is 10.2 Å². The van der Waals surface area contributed by atoms with Crippen molar-refractivity contribution in [2.45, 2.75) is 13.0 Å². The molecule has 0 spiro atoms. The van der Waals surface area contributed by atoms with Crippen molar-refractivity contribution in [3.05, 3.63) is 83.7 Å². The number of hydrogen-bond acceptors (Lipinski definition) is 4. The molecular formula is C25H21N3O2S. The van der Waals surface area contributed by atoms with E-state index in [1.54, 1.807) is 4.90 Å². The first-order valence-electron chi connectivity index (χ1n) is 10.2. The van der Waals surface area contributed by atoms with E-state index in [0.717, 1.165) is 22.2 Å². The molecular weight excluding hydrogens is 406 g/mol. The largest absolute Gasteiger partial charge is 0.338 e. The highest BCUT2D eigenvalue weighted by molar-refractivity contribution is 7.14. The van der Waals surface area contributed by atoms with Gasteiger partial charge in [0, 0.05) is 30.5 Å². The first-order valence-corrected chi connectivity index (χ1v) is 11.1. The molecule has 5 rings (SSSR count). The Balaban J connectivity index is 1.25. The number of thiazole rings is 1. The second-order valence-corrected chi connectivity index (χ2v) is 8.61. The molecule has 0 aliphatic carbocycles. The molecule has 31 heavy (non-hydrogen) atoms. The van der Waals surface area contributed by atoms with Crippen molar-refractivity contribution in [2.75, 3.05) is 11.9 Å². The maximum absolute atomic E-state index is 12.8. The molecule has 154 valence electrons. The zero-order valence-corrected chi connectivity index (χ0v) is 17.6. The smallest absolute Gasteiger partial charge is 0.231 e. The second kappa shape index (κ2) is 8.32. The fraction of sp³-hybridized carbons (Fsp3) is 0.160. The number of nitrogens with one attached hydrogen (secondary N) is 1. The van der Waals surface area contributed by atoms with Crippen molar-refractivity contribution < 1.29 is 9.59 Å². The van der Waals surface area contributed by atoms with Gasteiger partial charge in [-0.3, -0.25) is 9.59 Å². The van der Waals surface area contributed by atoms with E-state index in [1.807, 2.05) is 53.9 Å². The monoisotopic (exact) mass is 427 g/mol. The SMILES string of the molecule is O=C(Nc1nc(-c2ccc3ccccc3c2)cs1)C1CC(=O)N(Cc2ccccc2)C1. The van der Waals surface area contributed by atoms with Crippen LogP contribution in [0.25, 0.3) is 22.0 Å². The van der Waals surface area contributed by atoms with Crippen LogP contribution in [0.5, 0.6) is 0 Å². The molecule has 0 saturated carbocycles. The average molecular weight is 428 g/mol. The van der Waals surface area contributed by atoms with Gasteiger partial charge in [-0.2, -0.15) is 0 Å². The molecule has 4 aromatic rings. The number of benzene rings is 3. The molecule has 2 heterocycles. The highest BCUT2D eigenvalue weighted by Gasteiger charge is 2.34. The summed E-state index contributed by atoms with van der Waals surface area (Å²) < 4.78 is 0. The second-order valence-electron chi connectivity index (χ2n) is 7.75. The molecule has 1 saturated heterocycles. The lowest BCUT2D eigenvalue weighted by atomic mass is 10.1. The van der Waals surface area contributed by atoms with Crippen molar-refractivity contribution in [2.24, 2.45) is 5.92 Å². The summed E-state index contributed by atoms with van der Waals surface area (Å²) in [6, 6.07) is 24.3. The molecule has 1 N–H and O–H groups in total. The van der Waals surface area contributed by atoms with E-state index in [1.165, 1.54) is 16.7 Å². The minimum atomic E-state index is -0.357. The van der Waals surface area contributed by atoms with E-state index in [-0.39, 0.29) is 24.2 Å². The highest BCUT2D eigenvalue weighted by Crippen LogP contribution is 2.29. The summed E-state index contributed by atoms with van der Waals surface area (Å²) in [5.74, 6) is -0.493. The third-order valence-electron chi connectivity index (χ3n) is 5.58. The number of likely N-dealkylation sites (tertiary alicyclic amines) is 1. The minimum absolute atomic E-state index is 0.0139. The normalized spacial score (nSPS) is 16.1. The first kappa shape index (κ1) is 19.5. The van der Waals surface area contributed by atoms with Crippen LogP contribution in [0.1, 0.15) is 12.0 Å². The summed E-state index contributed by atoms with van der Waals surface area (Å²) in [5.41, 5.74) is 2.91. The van der Waals surface area contributed by atoms with Gasteiger partial charge in [0.2, 0.25) is 11.8 Å². The zero-order chi connectivity index (χ0) is 21.2. The Labute approximate surface area is 184 Å². The van der Waals surface area contributed by atoms with Gasteiger partial charge in [0.05, 0.1) is 11.6 Å². The summed E-state index contributed by atoms with van der Waals surface area (Å²) >= 11 is 1.40. The standard InChI is InChI=1S/C25H21N3O2S/c29-23-13-21(15-28(23)14-17-6-2-1-3-7-17)24(30)27-25-26-22(16-31-25)20-11-10-18-8-4-5-9-19(18)12-20/h1-12,16,21H,13-15H2,(H,26,27,30). The number of aromatic nitrogens is 1. The molecule has 6 heteroatoms. The molecule has 1 unspecified atom stereocenters. The number of rotatable bonds is 5. The summed E-state index contributed by atoms with van der Waals surface area (Å²) in [5, 5.41) is 7.74. The van der Waals surface area contributed by atoms with E-state index >= 15 is 0 Å². The van der Waals surface area contributed by atoms with Crippen LogP contribution in [-0.4, -0.2) is 28.2 Å². The maximum atomic E-state index is 12.8.